The molecule has 2 amide bonds. The standard InChI is InChI=1S/C24H28N2O2/c27-23-22(20-14-8-3-9-15-20)26(17-19-12-6-2-7-13-19)24(28)21(25-23)16-18-10-4-1-5-11-18/h1-2,4-7,10-13,20-22H,3,8-9,14-17H2,(H,25,27). The summed E-state index contributed by atoms with van der Waals surface area (Å²) >= 11 is 0. The first-order valence-corrected chi connectivity index (χ1v) is 10.4. The van der Waals surface area contributed by atoms with Crippen molar-refractivity contribution >= 4 is 11.8 Å². The zero-order valence-electron chi connectivity index (χ0n) is 16.2. The molecule has 2 fully saturated rings. The number of rotatable bonds is 5. The van der Waals surface area contributed by atoms with Crippen LogP contribution in [0.2, 0.25) is 0 Å². The minimum atomic E-state index is -0.488. The molecule has 28 heavy (non-hydrogen) atoms. The fraction of sp³-hybridized carbons (Fsp3) is 0.417. The maximum Gasteiger partial charge on any atom is 0.246 e. The molecule has 1 saturated heterocycles. The van der Waals surface area contributed by atoms with Crippen molar-refractivity contribution in [2.45, 2.75) is 57.2 Å². The van der Waals surface area contributed by atoms with E-state index in [0.29, 0.717) is 13.0 Å². The van der Waals surface area contributed by atoms with Gasteiger partial charge in [-0.1, -0.05) is 79.9 Å². The van der Waals surface area contributed by atoms with Gasteiger partial charge < -0.3 is 10.2 Å². The Morgan fingerprint density at radius 2 is 1.43 bits per heavy atom. The van der Waals surface area contributed by atoms with Crippen molar-refractivity contribution in [2.75, 3.05) is 0 Å². The Balaban J connectivity index is 1.59. The zero-order chi connectivity index (χ0) is 19.3. The molecule has 2 aromatic rings. The number of nitrogens with one attached hydrogen (secondary N) is 1. The number of hydrogen-bond acceptors (Lipinski definition) is 2. The number of piperazine rings is 1. The third-order valence-electron chi connectivity index (χ3n) is 6.08. The summed E-state index contributed by atoms with van der Waals surface area (Å²) in [7, 11) is 0. The van der Waals surface area contributed by atoms with E-state index in [4.69, 9.17) is 0 Å². The van der Waals surface area contributed by atoms with E-state index in [2.05, 4.69) is 5.32 Å². The van der Waals surface area contributed by atoms with E-state index in [1.807, 2.05) is 65.6 Å². The number of hydrogen-bond donors (Lipinski definition) is 1. The van der Waals surface area contributed by atoms with E-state index in [1.54, 1.807) is 0 Å². The molecular weight excluding hydrogens is 348 g/mol. The van der Waals surface area contributed by atoms with Crippen LogP contribution < -0.4 is 5.32 Å². The molecule has 2 unspecified atom stereocenters. The molecule has 1 heterocycles. The minimum Gasteiger partial charge on any atom is -0.342 e. The third-order valence-corrected chi connectivity index (χ3v) is 6.08. The molecule has 1 N–H and O–H groups in total. The summed E-state index contributed by atoms with van der Waals surface area (Å²) in [4.78, 5) is 28.4. The Bertz CT molecular complexity index is 800. The fourth-order valence-electron chi connectivity index (χ4n) is 4.66. The van der Waals surface area contributed by atoms with Gasteiger partial charge in [-0.05, 0) is 29.9 Å². The summed E-state index contributed by atoms with van der Waals surface area (Å²) in [5, 5.41) is 3.05. The molecule has 146 valence electrons. The van der Waals surface area contributed by atoms with Gasteiger partial charge in [-0.3, -0.25) is 9.59 Å². The molecule has 0 bridgehead atoms. The van der Waals surface area contributed by atoms with Crippen molar-refractivity contribution in [1.29, 1.82) is 0 Å². The summed E-state index contributed by atoms with van der Waals surface area (Å²) in [6, 6.07) is 19.1. The van der Waals surface area contributed by atoms with E-state index >= 15 is 0 Å². The minimum absolute atomic E-state index is 0.0170. The van der Waals surface area contributed by atoms with Crippen LogP contribution in [0.3, 0.4) is 0 Å². The third kappa shape index (κ3) is 4.11. The second kappa shape index (κ2) is 8.59. The first-order chi connectivity index (χ1) is 13.7. The maximum absolute atomic E-state index is 13.4. The van der Waals surface area contributed by atoms with Crippen molar-refractivity contribution in [2.24, 2.45) is 5.92 Å². The van der Waals surface area contributed by atoms with Crippen LogP contribution in [-0.2, 0) is 22.6 Å². The zero-order valence-corrected chi connectivity index (χ0v) is 16.2. The number of benzene rings is 2. The average molecular weight is 377 g/mol. The molecule has 2 atom stereocenters. The highest BCUT2D eigenvalue weighted by Gasteiger charge is 2.44. The van der Waals surface area contributed by atoms with Gasteiger partial charge in [0.1, 0.15) is 12.1 Å². The summed E-state index contributed by atoms with van der Waals surface area (Å²) in [5.74, 6) is 0.324. The molecular formula is C24H28N2O2. The predicted molar refractivity (Wildman–Crippen MR) is 109 cm³/mol. The van der Waals surface area contributed by atoms with Gasteiger partial charge in [-0.15, -0.1) is 0 Å². The van der Waals surface area contributed by atoms with Crippen LogP contribution in [0.4, 0.5) is 0 Å². The lowest BCUT2D eigenvalue weighted by Crippen LogP contribution is -2.65. The topological polar surface area (TPSA) is 49.4 Å². The largest absolute Gasteiger partial charge is 0.342 e. The summed E-state index contributed by atoms with van der Waals surface area (Å²) in [6.07, 6.45) is 6.12. The van der Waals surface area contributed by atoms with Gasteiger partial charge in [-0.2, -0.15) is 0 Å². The van der Waals surface area contributed by atoms with Crippen LogP contribution in [0.15, 0.2) is 60.7 Å². The second-order valence-corrected chi connectivity index (χ2v) is 8.05. The van der Waals surface area contributed by atoms with Crippen LogP contribution in [0.1, 0.15) is 43.2 Å². The summed E-state index contributed by atoms with van der Waals surface area (Å²) in [5.41, 5.74) is 2.14. The Hall–Kier alpha value is -2.62. The van der Waals surface area contributed by atoms with Crippen molar-refractivity contribution in [3.05, 3.63) is 71.8 Å². The lowest BCUT2D eigenvalue weighted by atomic mass is 9.81. The van der Waals surface area contributed by atoms with E-state index < -0.39 is 6.04 Å². The highest BCUT2D eigenvalue weighted by atomic mass is 16.2. The van der Waals surface area contributed by atoms with Crippen molar-refractivity contribution in [3.63, 3.8) is 0 Å². The molecule has 1 saturated carbocycles. The first-order valence-electron chi connectivity index (χ1n) is 10.4. The molecule has 1 aliphatic heterocycles. The van der Waals surface area contributed by atoms with E-state index in [-0.39, 0.29) is 23.8 Å². The lowest BCUT2D eigenvalue weighted by Gasteiger charge is -2.43. The van der Waals surface area contributed by atoms with Gasteiger partial charge in [0.15, 0.2) is 0 Å². The molecule has 0 spiro atoms. The van der Waals surface area contributed by atoms with Gasteiger partial charge in [0.2, 0.25) is 11.8 Å². The van der Waals surface area contributed by atoms with Crippen LogP contribution in [0.25, 0.3) is 0 Å². The number of carbonyl (C=O) groups excluding carboxylic acids is 2. The van der Waals surface area contributed by atoms with Gasteiger partial charge in [0, 0.05) is 13.0 Å². The number of amides is 2. The first kappa shape index (κ1) is 18.7. The van der Waals surface area contributed by atoms with Gasteiger partial charge in [0.05, 0.1) is 0 Å². The molecule has 0 aromatic heterocycles. The molecule has 4 rings (SSSR count). The molecule has 2 aromatic carbocycles. The molecule has 1 aliphatic carbocycles. The monoisotopic (exact) mass is 376 g/mol. The fourth-order valence-corrected chi connectivity index (χ4v) is 4.66. The molecule has 4 heteroatoms. The van der Waals surface area contributed by atoms with Crippen LogP contribution in [0, 0.1) is 5.92 Å². The van der Waals surface area contributed by atoms with Gasteiger partial charge in [0.25, 0.3) is 0 Å². The summed E-state index contributed by atoms with van der Waals surface area (Å²) in [6.45, 7) is 0.500. The van der Waals surface area contributed by atoms with E-state index in [1.165, 1.54) is 6.42 Å². The Morgan fingerprint density at radius 3 is 2.07 bits per heavy atom. The second-order valence-electron chi connectivity index (χ2n) is 8.05. The highest BCUT2D eigenvalue weighted by Crippen LogP contribution is 2.32. The smallest absolute Gasteiger partial charge is 0.246 e. The van der Waals surface area contributed by atoms with Crippen molar-refractivity contribution < 1.29 is 9.59 Å². The number of carbonyl (C=O) groups is 2. The molecule has 4 nitrogen and oxygen atoms in total. The normalized spacial score (nSPS) is 23.5. The number of nitrogens with zero attached hydrogens (tertiary/aromatic N) is 1. The van der Waals surface area contributed by atoms with Gasteiger partial charge in [-0.25, -0.2) is 0 Å². The van der Waals surface area contributed by atoms with Crippen molar-refractivity contribution in [3.8, 4) is 0 Å². The Kier molecular flexibility index (Phi) is 5.75. The van der Waals surface area contributed by atoms with Crippen LogP contribution in [0.5, 0.6) is 0 Å². The maximum atomic E-state index is 13.4. The average Bonchev–Trinajstić information content (AvgIpc) is 2.74. The summed E-state index contributed by atoms with van der Waals surface area (Å²) < 4.78 is 0. The molecule has 0 radical (unpaired) electrons. The SMILES string of the molecule is O=C1NC(Cc2ccccc2)C(=O)N(Cc2ccccc2)C1C1CCCCC1. The Labute approximate surface area is 166 Å². The van der Waals surface area contributed by atoms with Crippen LogP contribution >= 0.6 is 0 Å². The van der Waals surface area contributed by atoms with Crippen molar-refractivity contribution in [1.82, 2.24) is 10.2 Å². The predicted octanol–water partition coefficient (Wildman–Crippen LogP) is 3.71. The lowest BCUT2D eigenvalue weighted by molar-refractivity contribution is -0.153. The Morgan fingerprint density at radius 1 is 0.821 bits per heavy atom. The van der Waals surface area contributed by atoms with Crippen LogP contribution in [-0.4, -0.2) is 28.8 Å². The highest BCUT2D eigenvalue weighted by molar-refractivity contribution is 5.97. The van der Waals surface area contributed by atoms with Gasteiger partial charge >= 0.3 is 0 Å². The van der Waals surface area contributed by atoms with E-state index in [9.17, 15) is 9.59 Å². The molecule has 2 aliphatic rings. The van der Waals surface area contributed by atoms with E-state index in [0.717, 1.165) is 36.8 Å². The quantitative estimate of drug-likeness (QED) is 0.865.